The summed E-state index contributed by atoms with van der Waals surface area (Å²) in [6.45, 7) is 1.03. The van der Waals surface area contributed by atoms with Crippen molar-refractivity contribution < 1.29 is 5.11 Å². The van der Waals surface area contributed by atoms with E-state index in [9.17, 15) is 0 Å². The molecule has 0 aromatic carbocycles. The number of hydrogen-bond donors (Lipinski definition) is 1. The van der Waals surface area contributed by atoms with Crippen molar-refractivity contribution in [3.63, 3.8) is 0 Å². The van der Waals surface area contributed by atoms with Gasteiger partial charge in [-0.25, -0.2) is 0 Å². The molecule has 0 fully saturated rings. The number of nitrogens with zero attached hydrogens (tertiary/aromatic N) is 3. The largest absolute Gasteiger partial charge is 0.392 e. The molecule has 2 heterocycles. The number of aliphatic hydroxyl groups excluding tert-OH is 1. The maximum Gasteiger partial charge on any atom is 0.0696 e. The standard InChI is InChI=1S/C11H15N3O/c1-13-11(2-5-12-13)4-7-14-6-3-10(8-14)9-15/h2-3,5-6,8,15H,4,7,9H2,1H3. The Morgan fingerprint density at radius 2 is 2.27 bits per heavy atom. The zero-order valence-corrected chi connectivity index (χ0v) is 8.80. The summed E-state index contributed by atoms with van der Waals surface area (Å²) in [6, 6.07) is 3.96. The fourth-order valence-electron chi connectivity index (χ4n) is 1.61. The van der Waals surface area contributed by atoms with E-state index in [1.807, 2.05) is 42.5 Å². The minimum Gasteiger partial charge on any atom is -0.392 e. The number of rotatable bonds is 4. The molecular formula is C11H15N3O. The molecule has 0 amide bonds. The van der Waals surface area contributed by atoms with Crippen molar-refractivity contribution in [1.29, 1.82) is 0 Å². The molecule has 0 saturated heterocycles. The van der Waals surface area contributed by atoms with Crippen molar-refractivity contribution in [2.45, 2.75) is 19.6 Å². The summed E-state index contributed by atoms with van der Waals surface area (Å²) in [4.78, 5) is 0. The molecule has 0 aliphatic heterocycles. The lowest BCUT2D eigenvalue weighted by molar-refractivity contribution is 0.281. The van der Waals surface area contributed by atoms with Gasteiger partial charge in [0.2, 0.25) is 0 Å². The van der Waals surface area contributed by atoms with Gasteiger partial charge in [-0.05, 0) is 17.7 Å². The SMILES string of the molecule is Cn1nccc1CCn1ccc(CO)c1. The van der Waals surface area contributed by atoms with Gasteiger partial charge in [-0.1, -0.05) is 0 Å². The van der Waals surface area contributed by atoms with E-state index in [1.165, 1.54) is 5.69 Å². The first kappa shape index (κ1) is 9.98. The average Bonchev–Trinajstić information content (AvgIpc) is 2.84. The van der Waals surface area contributed by atoms with E-state index in [-0.39, 0.29) is 6.61 Å². The quantitative estimate of drug-likeness (QED) is 0.807. The van der Waals surface area contributed by atoms with Crippen LogP contribution >= 0.6 is 0 Å². The van der Waals surface area contributed by atoms with Gasteiger partial charge in [0.25, 0.3) is 0 Å². The molecule has 80 valence electrons. The molecule has 1 N–H and O–H groups in total. The van der Waals surface area contributed by atoms with Gasteiger partial charge >= 0.3 is 0 Å². The number of aryl methyl sites for hydroxylation is 3. The lowest BCUT2D eigenvalue weighted by atomic mass is 10.3. The summed E-state index contributed by atoms with van der Waals surface area (Å²) >= 11 is 0. The normalized spacial score (nSPS) is 10.8. The summed E-state index contributed by atoms with van der Waals surface area (Å²) in [7, 11) is 1.95. The van der Waals surface area contributed by atoms with Gasteiger partial charge in [0.1, 0.15) is 0 Å². The molecule has 0 aliphatic carbocycles. The number of aliphatic hydroxyl groups is 1. The molecule has 0 radical (unpaired) electrons. The molecule has 2 aromatic rings. The van der Waals surface area contributed by atoms with Gasteiger partial charge in [0.15, 0.2) is 0 Å². The molecule has 0 atom stereocenters. The Hall–Kier alpha value is -1.55. The Morgan fingerprint density at radius 1 is 1.40 bits per heavy atom. The molecule has 4 nitrogen and oxygen atoms in total. The van der Waals surface area contributed by atoms with Crippen LogP contribution in [0.3, 0.4) is 0 Å². The van der Waals surface area contributed by atoms with Crippen LogP contribution in [0, 0.1) is 0 Å². The molecule has 0 bridgehead atoms. The van der Waals surface area contributed by atoms with Crippen LogP contribution in [0.4, 0.5) is 0 Å². The van der Waals surface area contributed by atoms with Gasteiger partial charge < -0.3 is 9.67 Å². The third-order valence-electron chi connectivity index (χ3n) is 2.54. The monoisotopic (exact) mass is 205 g/mol. The number of aromatic nitrogens is 3. The second kappa shape index (κ2) is 4.31. The fraction of sp³-hybridized carbons (Fsp3) is 0.364. The summed E-state index contributed by atoms with van der Waals surface area (Å²) in [5, 5.41) is 13.0. The summed E-state index contributed by atoms with van der Waals surface area (Å²) in [6.07, 6.45) is 6.72. The van der Waals surface area contributed by atoms with Crippen LogP contribution in [0.5, 0.6) is 0 Å². The van der Waals surface area contributed by atoms with Gasteiger partial charge in [-0.15, -0.1) is 0 Å². The third kappa shape index (κ3) is 2.27. The van der Waals surface area contributed by atoms with E-state index in [1.54, 1.807) is 0 Å². The maximum absolute atomic E-state index is 8.92. The van der Waals surface area contributed by atoms with E-state index >= 15 is 0 Å². The van der Waals surface area contributed by atoms with Crippen LogP contribution in [-0.4, -0.2) is 19.5 Å². The van der Waals surface area contributed by atoms with E-state index in [2.05, 4.69) is 9.67 Å². The van der Waals surface area contributed by atoms with Gasteiger partial charge in [-0.3, -0.25) is 4.68 Å². The van der Waals surface area contributed by atoms with Crippen molar-refractivity contribution in [1.82, 2.24) is 14.3 Å². The van der Waals surface area contributed by atoms with Crippen molar-refractivity contribution in [2.75, 3.05) is 0 Å². The van der Waals surface area contributed by atoms with E-state index in [4.69, 9.17) is 5.11 Å². The first-order valence-electron chi connectivity index (χ1n) is 5.02. The predicted octanol–water partition coefficient (Wildman–Crippen LogP) is 0.957. The Kier molecular flexibility index (Phi) is 2.87. The van der Waals surface area contributed by atoms with Crippen LogP contribution in [0.25, 0.3) is 0 Å². The highest BCUT2D eigenvalue weighted by atomic mass is 16.3. The van der Waals surface area contributed by atoms with E-state index < -0.39 is 0 Å². The first-order chi connectivity index (χ1) is 7.29. The van der Waals surface area contributed by atoms with Crippen LogP contribution in [0.15, 0.2) is 30.7 Å². The van der Waals surface area contributed by atoms with Crippen molar-refractivity contribution in [3.8, 4) is 0 Å². The molecule has 0 aliphatic rings. The van der Waals surface area contributed by atoms with Gasteiger partial charge in [0.05, 0.1) is 6.61 Å². The van der Waals surface area contributed by atoms with Crippen LogP contribution in [0.1, 0.15) is 11.3 Å². The van der Waals surface area contributed by atoms with Crippen molar-refractivity contribution in [3.05, 3.63) is 42.0 Å². The van der Waals surface area contributed by atoms with Crippen molar-refractivity contribution in [2.24, 2.45) is 7.05 Å². The predicted molar refractivity (Wildman–Crippen MR) is 57.3 cm³/mol. The van der Waals surface area contributed by atoms with Crippen molar-refractivity contribution >= 4 is 0 Å². The highest BCUT2D eigenvalue weighted by molar-refractivity contribution is 5.09. The molecule has 0 spiro atoms. The number of hydrogen-bond acceptors (Lipinski definition) is 2. The molecule has 15 heavy (non-hydrogen) atoms. The topological polar surface area (TPSA) is 43.0 Å². The average molecular weight is 205 g/mol. The first-order valence-corrected chi connectivity index (χ1v) is 5.02. The van der Waals surface area contributed by atoms with Gasteiger partial charge in [0, 0.05) is 44.3 Å². The molecule has 0 unspecified atom stereocenters. The minimum absolute atomic E-state index is 0.110. The van der Waals surface area contributed by atoms with E-state index in [0.29, 0.717) is 0 Å². The Morgan fingerprint density at radius 3 is 2.87 bits per heavy atom. The third-order valence-corrected chi connectivity index (χ3v) is 2.54. The lowest BCUT2D eigenvalue weighted by Crippen LogP contribution is -2.03. The maximum atomic E-state index is 8.92. The molecule has 4 heteroatoms. The molecule has 2 rings (SSSR count). The highest BCUT2D eigenvalue weighted by Crippen LogP contribution is 2.04. The minimum atomic E-state index is 0.110. The Labute approximate surface area is 88.8 Å². The zero-order chi connectivity index (χ0) is 10.7. The highest BCUT2D eigenvalue weighted by Gasteiger charge is 1.99. The lowest BCUT2D eigenvalue weighted by Gasteiger charge is -2.03. The summed E-state index contributed by atoms with van der Waals surface area (Å²) in [5.41, 5.74) is 2.18. The molecule has 2 aromatic heterocycles. The zero-order valence-electron chi connectivity index (χ0n) is 8.80. The second-order valence-corrected chi connectivity index (χ2v) is 3.61. The smallest absolute Gasteiger partial charge is 0.0696 e. The van der Waals surface area contributed by atoms with Crippen LogP contribution in [0.2, 0.25) is 0 Å². The Bertz CT molecular complexity index is 430. The van der Waals surface area contributed by atoms with Crippen LogP contribution < -0.4 is 0 Å². The molecule has 0 saturated carbocycles. The second-order valence-electron chi connectivity index (χ2n) is 3.61. The van der Waals surface area contributed by atoms with Gasteiger partial charge in [-0.2, -0.15) is 5.10 Å². The fourth-order valence-corrected chi connectivity index (χ4v) is 1.61. The summed E-state index contributed by atoms with van der Waals surface area (Å²) < 4.78 is 3.97. The molecular weight excluding hydrogens is 190 g/mol. The van der Waals surface area contributed by atoms with E-state index in [0.717, 1.165) is 18.5 Å². The van der Waals surface area contributed by atoms with Crippen LogP contribution in [-0.2, 0) is 26.6 Å². The Balaban J connectivity index is 1.96. The summed E-state index contributed by atoms with van der Waals surface area (Å²) in [5.74, 6) is 0.